The van der Waals surface area contributed by atoms with Crippen molar-refractivity contribution in [3.63, 3.8) is 0 Å². The molecule has 0 spiro atoms. The number of aryl methyl sites for hydroxylation is 1. The first kappa shape index (κ1) is 16.8. The second-order valence-corrected chi connectivity index (χ2v) is 5.46. The summed E-state index contributed by atoms with van der Waals surface area (Å²) in [7, 11) is 0. The smallest absolute Gasteiger partial charge is 0.136 e. The summed E-state index contributed by atoms with van der Waals surface area (Å²) in [6, 6.07) is 11.4. The van der Waals surface area contributed by atoms with Crippen molar-refractivity contribution >= 4 is 17.3 Å². The van der Waals surface area contributed by atoms with Crippen molar-refractivity contribution in [1.29, 1.82) is 5.26 Å². The summed E-state index contributed by atoms with van der Waals surface area (Å²) < 4.78 is 0. The first-order valence-corrected chi connectivity index (χ1v) is 8.04. The van der Waals surface area contributed by atoms with E-state index in [1.54, 1.807) is 12.1 Å². The molecule has 1 heterocycles. The van der Waals surface area contributed by atoms with Crippen molar-refractivity contribution in [2.45, 2.75) is 33.6 Å². The summed E-state index contributed by atoms with van der Waals surface area (Å²) in [5.41, 5.74) is 1.55. The highest BCUT2D eigenvalue weighted by atomic mass is 15.2. The van der Waals surface area contributed by atoms with Crippen LogP contribution in [0.15, 0.2) is 30.3 Å². The van der Waals surface area contributed by atoms with Gasteiger partial charge in [0.15, 0.2) is 0 Å². The average Bonchev–Trinajstić information content (AvgIpc) is 2.55. The maximum Gasteiger partial charge on any atom is 0.136 e. The van der Waals surface area contributed by atoms with Gasteiger partial charge in [-0.3, -0.25) is 0 Å². The zero-order chi connectivity index (χ0) is 16.7. The molecule has 1 aromatic carbocycles. The molecule has 120 valence electrons. The Morgan fingerprint density at radius 1 is 1.09 bits per heavy atom. The lowest BCUT2D eigenvalue weighted by atomic mass is 10.2. The molecule has 0 saturated carbocycles. The summed E-state index contributed by atoms with van der Waals surface area (Å²) in [4.78, 5) is 11.3. The van der Waals surface area contributed by atoms with Crippen LogP contribution in [0.4, 0.5) is 17.3 Å². The van der Waals surface area contributed by atoms with E-state index in [2.05, 4.69) is 40.1 Å². The quantitative estimate of drug-likeness (QED) is 0.836. The molecule has 0 radical (unpaired) electrons. The van der Waals surface area contributed by atoms with Gasteiger partial charge in [0.25, 0.3) is 0 Å². The van der Waals surface area contributed by atoms with E-state index < -0.39 is 0 Å². The molecule has 1 N–H and O–H groups in total. The Kier molecular flexibility index (Phi) is 5.93. The lowest BCUT2D eigenvalue weighted by molar-refractivity contribution is 0.730. The van der Waals surface area contributed by atoms with Gasteiger partial charge in [0.05, 0.1) is 11.6 Å². The van der Waals surface area contributed by atoms with Gasteiger partial charge in [-0.15, -0.1) is 0 Å². The molecule has 0 bridgehead atoms. The number of hydrogen-bond donors (Lipinski definition) is 1. The molecule has 23 heavy (non-hydrogen) atoms. The van der Waals surface area contributed by atoms with Crippen LogP contribution in [0.2, 0.25) is 0 Å². The molecule has 2 aromatic rings. The Balaban J connectivity index is 2.23. The third-order valence-corrected chi connectivity index (χ3v) is 3.42. The van der Waals surface area contributed by atoms with Gasteiger partial charge < -0.3 is 10.2 Å². The van der Waals surface area contributed by atoms with Crippen molar-refractivity contribution in [3.8, 4) is 6.07 Å². The van der Waals surface area contributed by atoms with Crippen LogP contribution in [0.25, 0.3) is 0 Å². The maximum atomic E-state index is 8.86. The Morgan fingerprint density at radius 3 is 2.30 bits per heavy atom. The molecule has 0 atom stereocenters. The molecular formula is C18H23N5. The summed E-state index contributed by atoms with van der Waals surface area (Å²) in [5, 5.41) is 12.1. The van der Waals surface area contributed by atoms with Gasteiger partial charge in [-0.05, 0) is 44.0 Å². The molecule has 0 aliphatic rings. The third kappa shape index (κ3) is 4.68. The Hall–Kier alpha value is -2.61. The fraction of sp³-hybridized carbons (Fsp3) is 0.389. The SMILES string of the molecule is CCCN(CCC)c1cc(Nc2ccc(C#N)cc2)nc(C)n1. The molecule has 1 aromatic heterocycles. The Labute approximate surface area is 138 Å². The summed E-state index contributed by atoms with van der Waals surface area (Å²) in [6.45, 7) is 8.23. The number of aromatic nitrogens is 2. The van der Waals surface area contributed by atoms with Crippen molar-refractivity contribution < 1.29 is 0 Å². The predicted octanol–water partition coefficient (Wildman–Crippen LogP) is 4.03. The van der Waals surface area contributed by atoms with Crippen LogP contribution >= 0.6 is 0 Å². The molecular weight excluding hydrogens is 286 g/mol. The fourth-order valence-corrected chi connectivity index (χ4v) is 2.43. The van der Waals surface area contributed by atoms with Gasteiger partial charge in [-0.1, -0.05) is 13.8 Å². The minimum atomic E-state index is 0.646. The number of nitrogens with one attached hydrogen (secondary N) is 1. The molecule has 0 aliphatic heterocycles. The fourth-order valence-electron chi connectivity index (χ4n) is 2.43. The highest BCUT2D eigenvalue weighted by Gasteiger charge is 2.09. The highest BCUT2D eigenvalue weighted by Crippen LogP contribution is 2.20. The molecule has 0 amide bonds. The van der Waals surface area contributed by atoms with Crippen LogP contribution in [-0.4, -0.2) is 23.1 Å². The maximum absolute atomic E-state index is 8.86. The van der Waals surface area contributed by atoms with E-state index in [1.165, 1.54) is 0 Å². The summed E-state index contributed by atoms with van der Waals surface area (Å²) in [5.74, 6) is 2.47. The zero-order valence-corrected chi connectivity index (χ0v) is 14.0. The topological polar surface area (TPSA) is 64.8 Å². The van der Waals surface area contributed by atoms with E-state index in [-0.39, 0.29) is 0 Å². The largest absolute Gasteiger partial charge is 0.356 e. The van der Waals surface area contributed by atoms with Crippen LogP contribution in [-0.2, 0) is 0 Å². The first-order valence-electron chi connectivity index (χ1n) is 8.04. The highest BCUT2D eigenvalue weighted by molar-refractivity contribution is 5.60. The van der Waals surface area contributed by atoms with Gasteiger partial charge in [0.2, 0.25) is 0 Å². The number of nitriles is 1. The number of rotatable bonds is 7. The van der Waals surface area contributed by atoms with Crippen LogP contribution in [0.3, 0.4) is 0 Å². The van der Waals surface area contributed by atoms with Gasteiger partial charge in [-0.25, -0.2) is 9.97 Å². The van der Waals surface area contributed by atoms with Crippen LogP contribution < -0.4 is 10.2 Å². The van der Waals surface area contributed by atoms with E-state index >= 15 is 0 Å². The minimum Gasteiger partial charge on any atom is -0.356 e. The molecule has 5 nitrogen and oxygen atoms in total. The van der Waals surface area contributed by atoms with E-state index in [9.17, 15) is 0 Å². The average molecular weight is 309 g/mol. The van der Waals surface area contributed by atoms with Crippen molar-refractivity contribution in [3.05, 3.63) is 41.7 Å². The number of hydrogen-bond acceptors (Lipinski definition) is 5. The Morgan fingerprint density at radius 2 is 1.74 bits per heavy atom. The molecule has 5 heteroatoms. The second-order valence-electron chi connectivity index (χ2n) is 5.46. The Bertz CT molecular complexity index is 667. The van der Waals surface area contributed by atoms with Crippen molar-refractivity contribution in [1.82, 2.24) is 9.97 Å². The number of anilines is 3. The number of benzene rings is 1. The van der Waals surface area contributed by atoms with E-state index in [0.29, 0.717) is 5.56 Å². The first-order chi connectivity index (χ1) is 11.2. The van der Waals surface area contributed by atoms with Crippen molar-refractivity contribution in [2.24, 2.45) is 0 Å². The summed E-state index contributed by atoms with van der Waals surface area (Å²) >= 11 is 0. The van der Waals surface area contributed by atoms with Gasteiger partial charge in [-0.2, -0.15) is 5.26 Å². The summed E-state index contributed by atoms with van der Waals surface area (Å²) in [6.07, 6.45) is 2.17. The molecule has 0 aliphatic carbocycles. The minimum absolute atomic E-state index is 0.646. The standard InChI is InChI=1S/C18H23N5/c1-4-10-23(11-5-2)18-12-17(20-14(3)21-18)22-16-8-6-15(13-19)7-9-16/h6-9,12H,4-5,10-11H2,1-3H3,(H,20,21,22). The normalized spacial score (nSPS) is 10.2. The van der Waals surface area contributed by atoms with Gasteiger partial charge >= 0.3 is 0 Å². The number of nitrogens with zero attached hydrogens (tertiary/aromatic N) is 4. The zero-order valence-electron chi connectivity index (χ0n) is 14.0. The molecule has 2 rings (SSSR count). The second kappa shape index (κ2) is 8.14. The third-order valence-electron chi connectivity index (χ3n) is 3.42. The lowest BCUT2D eigenvalue weighted by Gasteiger charge is -2.23. The monoisotopic (exact) mass is 309 g/mol. The lowest BCUT2D eigenvalue weighted by Crippen LogP contribution is -2.26. The van der Waals surface area contributed by atoms with E-state index in [1.807, 2.05) is 25.1 Å². The molecule has 0 unspecified atom stereocenters. The predicted molar refractivity (Wildman–Crippen MR) is 94.0 cm³/mol. The van der Waals surface area contributed by atoms with Crippen LogP contribution in [0.5, 0.6) is 0 Å². The van der Waals surface area contributed by atoms with E-state index in [0.717, 1.165) is 49.1 Å². The van der Waals surface area contributed by atoms with Crippen LogP contribution in [0, 0.1) is 18.3 Å². The van der Waals surface area contributed by atoms with Crippen LogP contribution in [0.1, 0.15) is 38.1 Å². The van der Waals surface area contributed by atoms with Gasteiger partial charge in [0, 0.05) is 24.8 Å². The molecule has 0 fully saturated rings. The van der Waals surface area contributed by atoms with Crippen molar-refractivity contribution in [2.75, 3.05) is 23.3 Å². The van der Waals surface area contributed by atoms with Gasteiger partial charge in [0.1, 0.15) is 17.5 Å². The van der Waals surface area contributed by atoms with E-state index in [4.69, 9.17) is 5.26 Å². The molecule has 0 saturated heterocycles.